The van der Waals surface area contributed by atoms with Gasteiger partial charge in [0, 0.05) is 26.1 Å². The smallest absolute Gasteiger partial charge is 0.139 e. The first-order chi connectivity index (χ1) is 7.96. The normalized spacial score (nSPS) is 27.8. The van der Waals surface area contributed by atoms with Gasteiger partial charge in [0.05, 0.1) is 11.2 Å². The molecule has 2 rings (SSSR count). The molecule has 17 heavy (non-hydrogen) atoms. The van der Waals surface area contributed by atoms with Gasteiger partial charge in [-0.1, -0.05) is 0 Å². The monoisotopic (exact) mass is 240 g/mol. The Kier molecular flexibility index (Phi) is 3.60. The molecule has 1 heterocycles. The quantitative estimate of drug-likeness (QED) is 0.758. The van der Waals surface area contributed by atoms with Crippen LogP contribution in [-0.2, 0) is 14.3 Å². The van der Waals surface area contributed by atoms with Crippen LogP contribution in [0.5, 0.6) is 0 Å². The van der Waals surface area contributed by atoms with Gasteiger partial charge in [-0.15, -0.1) is 0 Å². The van der Waals surface area contributed by atoms with Crippen LogP contribution in [0, 0.1) is 5.92 Å². The van der Waals surface area contributed by atoms with Gasteiger partial charge in [-0.3, -0.25) is 4.79 Å². The molecule has 1 spiro atoms. The van der Waals surface area contributed by atoms with Gasteiger partial charge in [0.15, 0.2) is 0 Å². The van der Waals surface area contributed by atoms with E-state index in [2.05, 4.69) is 0 Å². The maximum atomic E-state index is 12.3. The third-order valence-electron chi connectivity index (χ3n) is 4.37. The third kappa shape index (κ3) is 2.89. The van der Waals surface area contributed by atoms with Crippen molar-refractivity contribution < 1.29 is 14.3 Å². The predicted molar refractivity (Wildman–Crippen MR) is 66.0 cm³/mol. The number of Topliss-reactive ketones (excluding diaryl/α,β-unsaturated/α-hetero) is 1. The number of carbonyl (C=O) groups is 1. The van der Waals surface area contributed by atoms with Gasteiger partial charge < -0.3 is 9.47 Å². The minimum absolute atomic E-state index is 0.0653. The van der Waals surface area contributed by atoms with Crippen molar-refractivity contribution in [3.8, 4) is 0 Å². The molecule has 1 atom stereocenters. The fourth-order valence-electron chi connectivity index (χ4n) is 2.86. The lowest BCUT2D eigenvalue weighted by Gasteiger charge is -2.47. The van der Waals surface area contributed by atoms with Gasteiger partial charge in [-0.05, 0) is 46.0 Å². The highest BCUT2D eigenvalue weighted by molar-refractivity contribution is 5.82. The number of hydrogen-bond donors (Lipinski definition) is 0. The van der Waals surface area contributed by atoms with E-state index in [9.17, 15) is 4.79 Å². The van der Waals surface area contributed by atoms with E-state index in [1.807, 2.05) is 13.8 Å². The second-order valence-corrected chi connectivity index (χ2v) is 6.18. The van der Waals surface area contributed by atoms with Crippen molar-refractivity contribution in [2.24, 2.45) is 5.92 Å². The topological polar surface area (TPSA) is 35.5 Å². The molecule has 3 heteroatoms. The molecule has 2 fully saturated rings. The zero-order valence-electron chi connectivity index (χ0n) is 11.3. The van der Waals surface area contributed by atoms with E-state index in [-0.39, 0.29) is 17.1 Å². The Labute approximate surface area is 104 Å². The predicted octanol–water partition coefficient (Wildman–Crippen LogP) is 2.72. The van der Waals surface area contributed by atoms with Gasteiger partial charge in [-0.25, -0.2) is 0 Å². The Balaban J connectivity index is 1.91. The van der Waals surface area contributed by atoms with Crippen LogP contribution < -0.4 is 0 Å². The SMILES string of the molecule is COC(C)(C)CC(=O)C1CCOC2(CCC2)C1. The summed E-state index contributed by atoms with van der Waals surface area (Å²) < 4.78 is 11.2. The Morgan fingerprint density at radius 2 is 2.18 bits per heavy atom. The van der Waals surface area contributed by atoms with Gasteiger partial charge in [-0.2, -0.15) is 0 Å². The molecule has 0 N–H and O–H groups in total. The molecule has 0 aromatic rings. The summed E-state index contributed by atoms with van der Waals surface area (Å²) in [5.74, 6) is 0.546. The molecule has 98 valence electrons. The Morgan fingerprint density at radius 3 is 2.71 bits per heavy atom. The lowest BCUT2D eigenvalue weighted by Crippen LogP contribution is -2.47. The van der Waals surface area contributed by atoms with Crippen LogP contribution in [0.25, 0.3) is 0 Å². The Hall–Kier alpha value is -0.410. The fourth-order valence-corrected chi connectivity index (χ4v) is 2.86. The molecule has 1 saturated carbocycles. The van der Waals surface area contributed by atoms with Crippen LogP contribution >= 0.6 is 0 Å². The van der Waals surface area contributed by atoms with E-state index in [1.54, 1.807) is 7.11 Å². The van der Waals surface area contributed by atoms with Crippen molar-refractivity contribution in [1.82, 2.24) is 0 Å². The molecular weight excluding hydrogens is 216 g/mol. The number of methoxy groups -OCH3 is 1. The molecular formula is C14H24O3. The molecule has 3 nitrogen and oxygen atoms in total. The zero-order chi connectivity index (χ0) is 12.5. The first-order valence-electron chi connectivity index (χ1n) is 6.68. The summed E-state index contributed by atoms with van der Waals surface area (Å²) in [5.41, 5.74) is -0.266. The van der Waals surface area contributed by atoms with Crippen molar-refractivity contribution >= 4 is 5.78 Å². The molecule has 0 radical (unpaired) electrons. The van der Waals surface area contributed by atoms with Crippen LogP contribution in [0.4, 0.5) is 0 Å². The molecule has 1 aliphatic carbocycles. The first-order valence-corrected chi connectivity index (χ1v) is 6.68. The van der Waals surface area contributed by atoms with Gasteiger partial charge in [0.2, 0.25) is 0 Å². The fraction of sp³-hybridized carbons (Fsp3) is 0.929. The van der Waals surface area contributed by atoms with Crippen molar-refractivity contribution in [3.63, 3.8) is 0 Å². The Bertz CT molecular complexity index is 292. The van der Waals surface area contributed by atoms with Crippen molar-refractivity contribution in [1.29, 1.82) is 0 Å². The van der Waals surface area contributed by atoms with Crippen LogP contribution in [0.2, 0.25) is 0 Å². The lowest BCUT2D eigenvalue weighted by molar-refractivity contribution is -0.158. The number of rotatable bonds is 4. The van der Waals surface area contributed by atoms with Gasteiger partial charge in [0.1, 0.15) is 5.78 Å². The largest absolute Gasteiger partial charge is 0.378 e. The molecule has 0 aromatic heterocycles. The average molecular weight is 240 g/mol. The molecule has 0 bridgehead atoms. The zero-order valence-corrected chi connectivity index (χ0v) is 11.3. The molecule has 0 amide bonds. The van der Waals surface area contributed by atoms with Crippen molar-refractivity contribution in [2.45, 2.75) is 63.6 Å². The van der Waals surface area contributed by atoms with E-state index >= 15 is 0 Å². The summed E-state index contributed by atoms with van der Waals surface area (Å²) in [4.78, 5) is 12.3. The molecule has 1 aliphatic heterocycles. The molecule has 1 unspecified atom stereocenters. The molecule has 0 aromatic carbocycles. The van der Waals surface area contributed by atoms with Crippen molar-refractivity contribution in [2.75, 3.05) is 13.7 Å². The summed E-state index contributed by atoms with van der Waals surface area (Å²) in [5, 5.41) is 0. The highest BCUT2D eigenvalue weighted by Crippen LogP contribution is 2.44. The minimum atomic E-state index is -0.331. The van der Waals surface area contributed by atoms with E-state index in [1.165, 1.54) is 6.42 Å². The summed E-state index contributed by atoms with van der Waals surface area (Å²) in [7, 11) is 1.67. The Morgan fingerprint density at radius 1 is 1.47 bits per heavy atom. The van der Waals surface area contributed by atoms with Crippen LogP contribution in [0.1, 0.15) is 52.4 Å². The number of hydrogen-bond acceptors (Lipinski definition) is 3. The van der Waals surface area contributed by atoms with E-state index in [0.29, 0.717) is 12.2 Å². The van der Waals surface area contributed by atoms with Crippen LogP contribution in [0.3, 0.4) is 0 Å². The standard InChI is InChI=1S/C14H24O3/c1-13(2,16-3)10-12(15)11-5-8-17-14(9-11)6-4-7-14/h11H,4-10H2,1-3H3. The lowest BCUT2D eigenvalue weighted by atomic mass is 9.70. The summed E-state index contributed by atoms with van der Waals surface area (Å²) >= 11 is 0. The second kappa shape index (κ2) is 4.69. The van der Waals surface area contributed by atoms with E-state index in [0.717, 1.165) is 32.3 Å². The molecule has 2 aliphatic rings. The summed E-state index contributed by atoms with van der Waals surface area (Å²) in [6, 6.07) is 0. The summed E-state index contributed by atoms with van der Waals surface area (Å²) in [6.07, 6.45) is 5.88. The first kappa shape index (κ1) is 13.0. The second-order valence-electron chi connectivity index (χ2n) is 6.18. The number of carbonyl (C=O) groups excluding carboxylic acids is 1. The van der Waals surface area contributed by atoms with Crippen LogP contribution in [0.15, 0.2) is 0 Å². The third-order valence-corrected chi connectivity index (χ3v) is 4.37. The number of ketones is 1. The maximum absolute atomic E-state index is 12.3. The van der Waals surface area contributed by atoms with Gasteiger partial charge >= 0.3 is 0 Å². The number of ether oxygens (including phenoxy) is 2. The average Bonchev–Trinajstić information content (AvgIpc) is 2.26. The highest BCUT2D eigenvalue weighted by atomic mass is 16.5. The minimum Gasteiger partial charge on any atom is -0.378 e. The summed E-state index contributed by atoms with van der Waals surface area (Å²) in [6.45, 7) is 4.70. The highest BCUT2D eigenvalue weighted by Gasteiger charge is 2.44. The van der Waals surface area contributed by atoms with Crippen molar-refractivity contribution in [3.05, 3.63) is 0 Å². The van der Waals surface area contributed by atoms with Crippen LogP contribution in [-0.4, -0.2) is 30.7 Å². The maximum Gasteiger partial charge on any atom is 0.139 e. The van der Waals surface area contributed by atoms with Gasteiger partial charge in [0.25, 0.3) is 0 Å². The van der Waals surface area contributed by atoms with E-state index in [4.69, 9.17) is 9.47 Å². The molecule has 1 saturated heterocycles. The van der Waals surface area contributed by atoms with E-state index < -0.39 is 0 Å².